The summed E-state index contributed by atoms with van der Waals surface area (Å²) in [4.78, 5) is 11.9. The van der Waals surface area contributed by atoms with Crippen molar-refractivity contribution >= 4 is 5.91 Å². The standard InChI is InChI=1S/C15H28N2O2/c1-11(14-3-2-10-19-14)17-15(18)9-6-12-4-7-13(16)8-5-12/h11-14H,2-10,16H2,1H3,(H,17,18). The van der Waals surface area contributed by atoms with Crippen LogP contribution < -0.4 is 11.1 Å². The zero-order valence-corrected chi connectivity index (χ0v) is 12.1. The second kappa shape index (κ2) is 7.25. The van der Waals surface area contributed by atoms with Gasteiger partial charge in [-0.2, -0.15) is 0 Å². The molecule has 1 saturated carbocycles. The van der Waals surface area contributed by atoms with Gasteiger partial charge in [0.2, 0.25) is 5.91 Å². The molecule has 0 aromatic rings. The van der Waals surface area contributed by atoms with Crippen LogP contribution in [0.25, 0.3) is 0 Å². The first-order chi connectivity index (χ1) is 9.15. The summed E-state index contributed by atoms with van der Waals surface area (Å²) < 4.78 is 5.59. The first-order valence-corrected chi connectivity index (χ1v) is 7.81. The third-order valence-electron chi connectivity index (χ3n) is 4.58. The summed E-state index contributed by atoms with van der Waals surface area (Å²) in [6, 6.07) is 0.541. The smallest absolute Gasteiger partial charge is 0.220 e. The van der Waals surface area contributed by atoms with Crippen LogP contribution >= 0.6 is 0 Å². The summed E-state index contributed by atoms with van der Waals surface area (Å²) in [5.41, 5.74) is 5.90. The highest BCUT2D eigenvalue weighted by atomic mass is 16.5. The van der Waals surface area contributed by atoms with Crippen molar-refractivity contribution in [2.45, 2.75) is 76.5 Å². The number of carbonyl (C=O) groups is 1. The Kier molecular flexibility index (Phi) is 5.64. The predicted molar refractivity (Wildman–Crippen MR) is 75.7 cm³/mol. The van der Waals surface area contributed by atoms with E-state index < -0.39 is 0 Å². The van der Waals surface area contributed by atoms with E-state index in [1.807, 2.05) is 6.92 Å². The van der Waals surface area contributed by atoms with Crippen LogP contribution in [0.1, 0.15) is 58.3 Å². The zero-order chi connectivity index (χ0) is 13.7. The van der Waals surface area contributed by atoms with Crippen molar-refractivity contribution in [3.63, 3.8) is 0 Å². The Morgan fingerprint density at radius 1 is 1.32 bits per heavy atom. The van der Waals surface area contributed by atoms with Crippen molar-refractivity contribution in [1.82, 2.24) is 5.32 Å². The van der Waals surface area contributed by atoms with Crippen LogP contribution in [0.15, 0.2) is 0 Å². The lowest BCUT2D eigenvalue weighted by atomic mass is 9.84. The molecule has 3 N–H and O–H groups in total. The molecule has 0 aromatic heterocycles. The van der Waals surface area contributed by atoms with Gasteiger partial charge in [-0.3, -0.25) is 4.79 Å². The Morgan fingerprint density at radius 3 is 2.68 bits per heavy atom. The van der Waals surface area contributed by atoms with E-state index in [-0.39, 0.29) is 18.1 Å². The summed E-state index contributed by atoms with van der Waals surface area (Å²) in [6.07, 6.45) is 8.70. The fourth-order valence-corrected chi connectivity index (χ4v) is 3.23. The van der Waals surface area contributed by atoms with E-state index in [1.54, 1.807) is 0 Å². The lowest BCUT2D eigenvalue weighted by Crippen LogP contribution is -2.41. The summed E-state index contributed by atoms with van der Waals surface area (Å²) >= 11 is 0. The molecule has 1 heterocycles. The van der Waals surface area contributed by atoms with Gasteiger partial charge in [-0.05, 0) is 57.8 Å². The number of carbonyl (C=O) groups excluding carboxylic acids is 1. The van der Waals surface area contributed by atoms with E-state index in [9.17, 15) is 4.79 Å². The Bertz CT molecular complexity index is 282. The van der Waals surface area contributed by atoms with Crippen molar-refractivity contribution in [3.8, 4) is 0 Å². The minimum atomic E-state index is 0.148. The van der Waals surface area contributed by atoms with Gasteiger partial charge in [-0.1, -0.05) is 0 Å². The average molecular weight is 268 g/mol. The number of hydrogen-bond donors (Lipinski definition) is 2. The maximum absolute atomic E-state index is 11.9. The number of nitrogens with two attached hydrogens (primary N) is 1. The highest BCUT2D eigenvalue weighted by Crippen LogP contribution is 2.26. The molecule has 4 nitrogen and oxygen atoms in total. The van der Waals surface area contributed by atoms with Crippen LogP contribution in [-0.2, 0) is 9.53 Å². The Balaban J connectivity index is 1.61. The fraction of sp³-hybridized carbons (Fsp3) is 0.933. The molecule has 2 unspecified atom stereocenters. The molecule has 2 atom stereocenters. The number of ether oxygens (including phenoxy) is 1. The van der Waals surface area contributed by atoms with Gasteiger partial charge in [-0.15, -0.1) is 0 Å². The predicted octanol–water partition coefficient (Wildman–Crippen LogP) is 1.97. The van der Waals surface area contributed by atoms with Crippen LogP contribution in [0.2, 0.25) is 0 Å². The Morgan fingerprint density at radius 2 is 2.05 bits per heavy atom. The van der Waals surface area contributed by atoms with E-state index >= 15 is 0 Å². The lowest BCUT2D eigenvalue weighted by molar-refractivity contribution is -0.122. The summed E-state index contributed by atoms with van der Waals surface area (Å²) in [7, 11) is 0. The molecule has 110 valence electrons. The summed E-state index contributed by atoms with van der Waals surface area (Å²) in [6.45, 7) is 2.89. The largest absolute Gasteiger partial charge is 0.376 e. The molecule has 0 spiro atoms. The molecular weight excluding hydrogens is 240 g/mol. The molecule has 1 aliphatic heterocycles. The van der Waals surface area contributed by atoms with Crippen molar-refractivity contribution in [1.29, 1.82) is 0 Å². The van der Waals surface area contributed by atoms with Crippen molar-refractivity contribution in [2.24, 2.45) is 11.7 Å². The average Bonchev–Trinajstić information content (AvgIpc) is 2.92. The fourth-order valence-electron chi connectivity index (χ4n) is 3.23. The van der Waals surface area contributed by atoms with Crippen LogP contribution in [0.5, 0.6) is 0 Å². The summed E-state index contributed by atoms with van der Waals surface area (Å²) in [5, 5.41) is 3.08. The number of amides is 1. The van der Waals surface area contributed by atoms with Crippen molar-refractivity contribution in [3.05, 3.63) is 0 Å². The van der Waals surface area contributed by atoms with Gasteiger partial charge >= 0.3 is 0 Å². The SMILES string of the molecule is CC(NC(=O)CCC1CCC(N)CC1)C1CCCO1. The third kappa shape index (κ3) is 4.77. The van der Waals surface area contributed by atoms with Gasteiger partial charge in [-0.25, -0.2) is 0 Å². The first-order valence-electron chi connectivity index (χ1n) is 7.81. The number of hydrogen-bond acceptors (Lipinski definition) is 3. The molecule has 0 bridgehead atoms. The van der Waals surface area contributed by atoms with E-state index in [4.69, 9.17) is 10.5 Å². The first kappa shape index (κ1) is 14.8. The molecule has 4 heteroatoms. The van der Waals surface area contributed by atoms with Crippen LogP contribution in [0.4, 0.5) is 0 Å². The molecule has 2 rings (SSSR count). The van der Waals surface area contributed by atoms with Gasteiger partial charge in [0.1, 0.15) is 0 Å². The molecule has 0 aromatic carbocycles. The lowest BCUT2D eigenvalue weighted by Gasteiger charge is -2.26. The van der Waals surface area contributed by atoms with E-state index in [0.717, 1.165) is 38.7 Å². The number of rotatable bonds is 5. The third-order valence-corrected chi connectivity index (χ3v) is 4.58. The van der Waals surface area contributed by atoms with Crippen LogP contribution in [-0.4, -0.2) is 30.7 Å². The van der Waals surface area contributed by atoms with Crippen molar-refractivity contribution < 1.29 is 9.53 Å². The van der Waals surface area contributed by atoms with Crippen molar-refractivity contribution in [2.75, 3.05) is 6.61 Å². The van der Waals surface area contributed by atoms with E-state index in [1.165, 1.54) is 12.8 Å². The summed E-state index contributed by atoms with van der Waals surface area (Å²) in [5.74, 6) is 0.876. The minimum Gasteiger partial charge on any atom is -0.376 e. The zero-order valence-electron chi connectivity index (χ0n) is 12.1. The van der Waals surface area contributed by atoms with E-state index in [2.05, 4.69) is 5.32 Å². The van der Waals surface area contributed by atoms with Crippen LogP contribution in [0.3, 0.4) is 0 Å². The van der Waals surface area contributed by atoms with Gasteiger partial charge in [0.25, 0.3) is 0 Å². The molecule has 1 amide bonds. The Hall–Kier alpha value is -0.610. The normalized spacial score (nSPS) is 33.1. The second-order valence-corrected chi connectivity index (χ2v) is 6.23. The molecule has 19 heavy (non-hydrogen) atoms. The van der Waals surface area contributed by atoms with E-state index in [0.29, 0.717) is 18.4 Å². The number of nitrogens with one attached hydrogen (secondary N) is 1. The monoisotopic (exact) mass is 268 g/mol. The van der Waals surface area contributed by atoms with Gasteiger partial charge < -0.3 is 15.8 Å². The van der Waals surface area contributed by atoms with Gasteiger partial charge in [0.05, 0.1) is 12.1 Å². The second-order valence-electron chi connectivity index (χ2n) is 6.23. The van der Waals surface area contributed by atoms with Crippen LogP contribution in [0, 0.1) is 5.92 Å². The van der Waals surface area contributed by atoms with Gasteiger partial charge in [0.15, 0.2) is 0 Å². The molecule has 2 fully saturated rings. The molecule has 1 saturated heterocycles. The Labute approximate surface area is 116 Å². The molecule has 1 aliphatic carbocycles. The highest BCUT2D eigenvalue weighted by Gasteiger charge is 2.24. The highest BCUT2D eigenvalue weighted by molar-refractivity contribution is 5.76. The topological polar surface area (TPSA) is 64.4 Å². The molecule has 2 aliphatic rings. The maximum Gasteiger partial charge on any atom is 0.220 e. The quantitative estimate of drug-likeness (QED) is 0.801. The van der Waals surface area contributed by atoms with Gasteiger partial charge in [0, 0.05) is 19.1 Å². The maximum atomic E-state index is 11.9. The minimum absolute atomic E-state index is 0.148. The molecular formula is C15H28N2O2. The molecule has 0 radical (unpaired) electrons.